The molecule has 0 aromatic carbocycles. The van der Waals surface area contributed by atoms with E-state index in [1.165, 1.54) is 0 Å². The molecule has 0 aliphatic heterocycles. The molecule has 0 aliphatic carbocycles. The number of hydrogen-bond acceptors (Lipinski definition) is 5. The number of aryl methyl sites for hydroxylation is 1. The van der Waals surface area contributed by atoms with Gasteiger partial charge in [0, 0.05) is 37.2 Å². The molecule has 0 saturated heterocycles. The molecule has 6 nitrogen and oxygen atoms in total. The molecule has 21 heavy (non-hydrogen) atoms. The van der Waals surface area contributed by atoms with Gasteiger partial charge >= 0.3 is 6.03 Å². The SMILES string of the molecule is COc1ccc(CNC(=O)NCCc2csc(C)n2)cn1. The van der Waals surface area contributed by atoms with E-state index in [1.54, 1.807) is 30.7 Å². The minimum Gasteiger partial charge on any atom is -0.481 e. The summed E-state index contributed by atoms with van der Waals surface area (Å²) in [6.07, 6.45) is 2.42. The molecule has 0 radical (unpaired) electrons. The maximum atomic E-state index is 11.6. The Morgan fingerprint density at radius 3 is 2.86 bits per heavy atom. The number of urea groups is 1. The summed E-state index contributed by atoms with van der Waals surface area (Å²) in [7, 11) is 1.57. The highest BCUT2D eigenvalue weighted by atomic mass is 32.1. The van der Waals surface area contributed by atoms with Crippen LogP contribution in [0.4, 0.5) is 4.79 Å². The summed E-state index contributed by atoms with van der Waals surface area (Å²) < 4.78 is 4.98. The van der Waals surface area contributed by atoms with Gasteiger partial charge in [0.05, 0.1) is 17.8 Å². The standard InChI is InChI=1S/C14H18N4O2S/c1-10-18-12(9-21-10)5-6-15-14(19)17-8-11-3-4-13(20-2)16-7-11/h3-4,7,9H,5-6,8H2,1-2H3,(H2,15,17,19). The fraction of sp³-hybridized carbons (Fsp3) is 0.357. The van der Waals surface area contributed by atoms with E-state index < -0.39 is 0 Å². The summed E-state index contributed by atoms with van der Waals surface area (Å²) in [4.78, 5) is 20.1. The number of nitrogens with one attached hydrogen (secondary N) is 2. The first-order chi connectivity index (χ1) is 10.2. The fourth-order valence-corrected chi connectivity index (χ4v) is 2.36. The van der Waals surface area contributed by atoms with E-state index in [0.717, 1.165) is 22.7 Å². The van der Waals surface area contributed by atoms with Crippen LogP contribution in [0.2, 0.25) is 0 Å². The zero-order valence-electron chi connectivity index (χ0n) is 12.0. The van der Waals surface area contributed by atoms with E-state index in [-0.39, 0.29) is 6.03 Å². The molecule has 112 valence electrons. The number of thiazole rings is 1. The molecule has 0 saturated carbocycles. The van der Waals surface area contributed by atoms with Crippen LogP contribution in [0.25, 0.3) is 0 Å². The monoisotopic (exact) mass is 306 g/mol. The number of hydrogen-bond donors (Lipinski definition) is 2. The number of methoxy groups -OCH3 is 1. The van der Waals surface area contributed by atoms with Crippen molar-refractivity contribution in [1.29, 1.82) is 0 Å². The molecule has 0 bridgehead atoms. The Bertz CT molecular complexity index is 583. The first kappa shape index (κ1) is 15.2. The van der Waals surface area contributed by atoms with Crippen LogP contribution >= 0.6 is 11.3 Å². The van der Waals surface area contributed by atoms with Gasteiger partial charge in [0.25, 0.3) is 0 Å². The van der Waals surface area contributed by atoms with Crippen LogP contribution in [-0.4, -0.2) is 29.7 Å². The predicted molar refractivity (Wildman–Crippen MR) is 81.6 cm³/mol. The Balaban J connectivity index is 1.67. The quantitative estimate of drug-likeness (QED) is 0.854. The molecule has 2 aromatic rings. The number of amides is 2. The van der Waals surface area contributed by atoms with Crippen molar-refractivity contribution in [2.24, 2.45) is 0 Å². The minimum absolute atomic E-state index is 0.197. The number of rotatable bonds is 6. The normalized spacial score (nSPS) is 10.2. The van der Waals surface area contributed by atoms with Gasteiger partial charge < -0.3 is 15.4 Å². The van der Waals surface area contributed by atoms with Crippen LogP contribution in [0, 0.1) is 6.92 Å². The van der Waals surface area contributed by atoms with Crippen LogP contribution in [0.3, 0.4) is 0 Å². The van der Waals surface area contributed by atoms with Crippen molar-refractivity contribution in [3.05, 3.63) is 40.0 Å². The third-order valence-electron chi connectivity index (χ3n) is 2.79. The van der Waals surface area contributed by atoms with Crippen molar-refractivity contribution >= 4 is 17.4 Å². The summed E-state index contributed by atoms with van der Waals surface area (Å²) in [6.45, 7) is 2.96. The zero-order chi connectivity index (χ0) is 15.1. The number of pyridine rings is 1. The molecule has 2 amide bonds. The Labute approximate surface area is 127 Å². The second-order valence-corrected chi connectivity index (χ2v) is 5.49. The zero-order valence-corrected chi connectivity index (χ0v) is 12.9. The van der Waals surface area contributed by atoms with E-state index in [9.17, 15) is 4.79 Å². The number of ether oxygens (including phenoxy) is 1. The lowest BCUT2D eigenvalue weighted by Crippen LogP contribution is -2.36. The summed E-state index contributed by atoms with van der Waals surface area (Å²) in [6, 6.07) is 3.43. The van der Waals surface area contributed by atoms with Crippen molar-refractivity contribution in [1.82, 2.24) is 20.6 Å². The van der Waals surface area contributed by atoms with Crippen LogP contribution in [0.15, 0.2) is 23.7 Å². The van der Waals surface area contributed by atoms with E-state index in [4.69, 9.17) is 4.74 Å². The number of carbonyl (C=O) groups is 1. The second kappa shape index (κ2) is 7.58. The molecular weight excluding hydrogens is 288 g/mol. The largest absolute Gasteiger partial charge is 0.481 e. The maximum absolute atomic E-state index is 11.6. The molecule has 0 spiro atoms. The Kier molecular flexibility index (Phi) is 5.51. The maximum Gasteiger partial charge on any atom is 0.315 e. The minimum atomic E-state index is -0.197. The average Bonchev–Trinajstić information content (AvgIpc) is 2.91. The van der Waals surface area contributed by atoms with E-state index >= 15 is 0 Å². The highest BCUT2D eigenvalue weighted by molar-refractivity contribution is 7.09. The average molecular weight is 306 g/mol. The van der Waals surface area contributed by atoms with Gasteiger partial charge in [-0.1, -0.05) is 6.07 Å². The predicted octanol–water partition coefficient (Wildman–Crippen LogP) is 1.90. The molecule has 2 heterocycles. The molecular formula is C14H18N4O2S. The van der Waals surface area contributed by atoms with Gasteiger partial charge in [0.1, 0.15) is 0 Å². The molecule has 2 rings (SSSR count). The lowest BCUT2D eigenvalue weighted by atomic mass is 10.3. The second-order valence-electron chi connectivity index (χ2n) is 4.43. The summed E-state index contributed by atoms with van der Waals surface area (Å²) in [5.74, 6) is 0.557. The number of aromatic nitrogens is 2. The van der Waals surface area contributed by atoms with Gasteiger partial charge in [-0.3, -0.25) is 0 Å². The van der Waals surface area contributed by atoms with Gasteiger partial charge in [-0.25, -0.2) is 14.8 Å². The molecule has 7 heteroatoms. The van der Waals surface area contributed by atoms with Gasteiger partial charge in [0.15, 0.2) is 0 Å². The van der Waals surface area contributed by atoms with Gasteiger partial charge in [-0.05, 0) is 12.5 Å². The third-order valence-corrected chi connectivity index (χ3v) is 3.62. The lowest BCUT2D eigenvalue weighted by molar-refractivity contribution is 0.240. The number of nitrogens with zero attached hydrogens (tertiary/aromatic N) is 2. The van der Waals surface area contributed by atoms with Crippen LogP contribution in [0.1, 0.15) is 16.3 Å². The van der Waals surface area contributed by atoms with E-state index in [0.29, 0.717) is 19.0 Å². The van der Waals surface area contributed by atoms with Crippen molar-refractivity contribution < 1.29 is 9.53 Å². The highest BCUT2D eigenvalue weighted by Gasteiger charge is 2.02. The van der Waals surface area contributed by atoms with Crippen LogP contribution in [0.5, 0.6) is 5.88 Å². The first-order valence-corrected chi connectivity index (χ1v) is 7.47. The summed E-state index contributed by atoms with van der Waals surface area (Å²) in [5.41, 5.74) is 1.93. The van der Waals surface area contributed by atoms with Gasteiger partial charge in [0.2, 0.25) is 5.88 Å². The molecule has 0 atom stereocenters. The third kappa shape index (κ3) is 5.03. The van der Waals surface area contributed by atoms with Crippen molar-refractivity contribution in [3.8, 4) is 5.88 Å². The Hall–Kier alpha value is -2.15. The molecule has 0 fully saturated rings. The Morgan fingerprint density at radius 2 is 2.24 bits per heavy atom. The van der Waals surface area contributed by atoms with E-state index in [2.05, 4.69) is 20.6 Å². The molecule has 2 N–H and O–H groups in total. The fourth-order valence-electron chi connectivity index (χ4n) is 1.71. The van der Waals surface area contributed by atoms with E-state index in [1.807, 2.05) is 18.4 Å². The molecule has 2 aromatic heterocycles. The lowest BCUT2D eigenvalue weighted by Gasteiger charge is -2.07. The number of carbonyl (C=O) groups excluding carboxylic acids is 1. The van der Waals surface area contributed by atoms with Crippen molar-refractivity contribution in [2.75, 3.05) is 13.7 Å². The first-order valence-electron chi connectivity index (χ1n) is 6.59. The highest BCUT2D eigenvalue weighted by Crippen LogP contribution is 2.08. The van der Waals surface area contributed by atoms with Crippen molar-refractivity contribution in [2.45, 2.75) is 19.9 Å². The van der Waals surface area contributed by atoms with Gasteiger partial charge in [-0.2, -0.15) is 0 Å². The van der Waals surface area contributed by atoms with Gasteiger partial charge in [-0.15, -0.1) is 11.3 Å². The van der Waals surface area contributed by atoms with Crippen molar-refractivity contribution in [3.63, 3.8) is 0 Å². The summed E-state index contributed by atoms with van der Waals surface area (Å²) >= 11 is 1.62. The van der Waals surface area contributed by atoms with Crippen LogP contribution < -0.4 is 15.4 Å². The molecule has 0 unspecified atom stereocenters. The Morgan fingerprint density at radius 1 is 1.38 bits per heavy atom. The smallest absolute Gasteiger partial charge is 0.315 e. The topological polar surface area (TPSA) is 76.1 Å². The summed E-state index contributed by atoms with van der Waals surface area (Å²) in [5, 5.41) is 8.64. The van der Waals surface area contributed by atoms with Crippen LogP contribution in [-0.2, 0) is 13.0 Å². The molecule has 0 aliphatic rings.